The Morgan fingerprint density at radius 2 is 1.30 bits per heavy atom. The number of ether oxygens (including phenoxy) is 11. The van der Waals surface area contributed by atoms with Crippen LogP contribution < -0.4 is 69.8 Å². The predicted octanol–water partition coefficient (Wildman–Crippen LogP) is 3.84. The monoisotopic (exact) mass is 2010 g/mol. The maximum absolute atomic E-state index is 18.4. The second-order valence-electron chi connectivity index (χ2n) is 37.6. The second kappa shape index (κ2) is 54.4. The molecule has 141 heavy (non-hydrogen) atoms. The number of anilines is 1. The summed E-state index contributed by atoms with van der Waals surface area (Å²) in [6, 6.07) is 12.3. The van der Waals surface area contributed by atoms with Crippen LogP contribution in [0.5, 0.6) is 0 Å². The Balaban J connectivity index is 0.631. The van der Waals surface area contributed by atoms with Crippen LogP contribution in [0.4, 0.5) is 19.3 Å². The number of aliphatic hydroxyl groups is 1. The number of halogens is 2. The van der Waals surface area contributed by atoms with Gasteiger partial charge in [-0.25, -0.2) is 13.6 Å². The topological polar surface area (TPSA) is 532 Å². The van der Waals surface area contributed by atoms with Gasteiger partial charge in [0.25, 0.3) is 10.1 Å². The maximum atomic E-state index is 18.4. The number of primary amides is 1. The number of hydrazine groups is 4. The summed E-state index contributed by atoms with van der Waals surface area (Å²) in [4.78, 5) is 152. The minimum atomic E-state index is -4.16. The van der Waals surface area contributed by atoms with Crippen molar-refractivity contribution in [2.45, 2.75) is 224 Å². The molecule has 2 unspecified atom stereocenters. The summed E-state index contributed by atoms with van der Waals surface area (Å²) in [6.45, 7) is 12.2. The van der Waals surface area contributed by atoms with Crippen LogP contribution in [0.25, 0.3) is 11.4 Å². The number of nitrogens with zero attached hydrogens (tertiary/aromatic N) is 3. The number of alkyl halides is 2. The van der Waals surface area contributed by atoms with Gasteiger partial charge in [0.2, 0.25) is 41.4 Å². The smallest absolute Gasteiger partial charge is 0.312 e. The number of benzene rings is 2. The van der Waals surface area contributed by atoms with Gasteiger partial charge in [-0.3, -0.25) is 62.5 Å². The standard InChI is InChI=1S/C97H145F2N15O26S/c1-7-18-86-139-80-58-69-70-57-72(98)71-56-66(115)29-32-94(71,4)96(70,99)78(117)59-95(69,5)97(80,140-86)79(118)60-105-91(124)64(20-17-34-104-93(100)126)55-76(116)87(63(2)3)107-92(125)73(23-15-16-33-101-84(122)62-138-77-26-10-8-9-25-75-89(77)109-111-114(75)37-41-133-45-49-137-53-51-134-46-42-130-38-30-82(120)103-36-54-141(127,128)129)106-83(121)31-39-131-43-47-135-50-52-136-48-44-132-40-35-102-81(119)27-28-85(123)113-61-65-19-11-12-21-67(65)90-88(108-110-112(90)6)68-22-13-14-24-74(68)113/h11-14,19,21-22,24,29,32,56,63-64,69-70,72-73,77-78,80,86-87,108-111,117H,7-10,15-18,20,23,25-28,30-31,33-55,57-62H2,1-6H3,(H,101,122)(H,102,119)(H,103,120)(H,105,124)(H,106,121)(H,107,125)(H3,100,104,126)(H,127,128,129)/t64-,69+,70+,72+,73-,77?,78+,80-,86?,87+,94+,95+,96+,97-/m1/s1. The lowest BCUT2D eigenvalue weighted by Gasteiger charge is -2.63. The molecule has 14 atom stereocenters. The van der Waals surface area contributed by atoms with E-state index in [2.05, 4.69) is 59.1 Å². The molecule has 9 aliphatic rings. The Kier molecular flexibility index (Phi) is 43.1. The van der Waals surface area contributed by atoms with E-state index in [9.17, 15) is 61.5 Å². The van der Waals surface area contributed by atoms with E-state index in [-0.39, 0.29) is 193 Å². The van der Waals surface area contributed by atoms with Gasteiger partial charge in [-0.2, -0.15) is 8.42 Å². The van der Waals surface area contributed by atoms with E-state index in [0.29, 0.717) is 78.2 Å². The number of carbonyl (C=O) groups excluding carboxylic acids is 11. The minimum absolute atomic E-state index is 0.00328. The van der Waals surface area contributed by atoms with Crippen LogP contribution >= 0.6 is 0 Å². The van der Waals surface area contributed by atoms with Crippen LogP contribution in [0.1, 0.15) is 180 Å². The first-order chi connectivity index (χ1) is 67.7. The number of Topliss-reactive ketones (excluding diaryl/α,β-unsaturated/α-hetero) is 2. The molecule has 784 valence electrons. The van der Waals surface area contributed by atoms with Crippen molar-refractivity contribution < 1.29 is 132 Å². The molecule has 4 aliphatic heterocycles. The molecule has 1 saturated heterocycles. The van der Waals surface area contributed by atoms with Crippen molar-refractivity contribution in [3.8, 4) is 0 Å². The van der Waals surface area contributed by atoms with Gasteiger partial charge in [0.15, 0.2) is 34.9 Å². The number of carbonyl (C=O) groups is 11. The van der Waals surface area contributed by atoms with Crippen LogP contribution in [0.3, 0.4) is 0 Å². The predicted molar refractivity (Wildman–Crippen MR) is 510 cm³/mol. The van der Waals surface area contributed by atoms with Crippen molar-refractivity contribution in [2.75, 3.05) is 169 Å². The molecule has 9 amide bonds. The average molecular weight is 2010 g/mol. The van der Waals surface area contributed by atoms with E-state index in [0.717, 1.165) is 76.9 Å². The number of urea groups is 1. The zero-order valence-electron chi connectivity index (χ0n) is 81.8. The van der Waals surface area contributed by atoms with Crippen LogP contribution in [0.2, 0.25) is 0 Å². The number of fused-ring (bicyclic) bond motifs is 11. The average Bonchev–Trinajstić information content (AvgIpc) is 1.52. The van der Waals surface area contributed by atoms with E-state index < -0.39 is 164 Å². The van der Waals surface area contributed by atoms with Crippen molar-refractivity contribution in [3.63, 3.8) is 0 Å². The van der Waals surface area contributed by atoms with E-state index in [1.165, 1.54) is 19.1 Å². The summed E-state index contributed by atoms with van der Waals surface area (Å²) in [7, 11) is -2.24. The summed E-state index contributed by atoms with van der Waals surface area (Å²) in [5.41, 5.74) is 18.0. The molecule has 3 saturated carbocycles. The molecule has 0 aromatic heterocycles. The fourth-order valence-electron chi connectivity index (χ4n) is 20.5. The third-order valence-electron chi connectivity index (χ3n) is 27.7. The summed E-state index contributed by atoms with van der Waals surface area (Å²) in [5, 5.41) is 35.2. The molecule has 2 aromatic rings. The lowest BCUT2D eigenvalue weighted by molar-refractivity contribution is -0.234. The lowest BCUT2D eigenvalue weighted by atomic mass is 9.44. The molecular weight excluding hydrogens is 1860 g/mol. The highest BCUT2D eigenvalue weighted by Gasteiger charge is 2.80. The fourth-order valence-corrected chi connectivity index (χ4v) is 20.9. The minimum Gasteiger partial charge on any atom is -0.390 e. The van der Waals surface area contributed by atoms with Crippen molar-refractivity contribution >= 4 is 91.9 Å². The van der Waals surface area contributed by atoms with Crippen molar-refractivity contribution in [1.82, 2.24) is 69.2 Å². The van der Waals surface area contributed by atoms with Gasteiger partial charge in [0.1, 0.15) is 24.9 Å². The number of para-hydroxylation sites is 1. The Hall–Kier alpha value is -9.62. The number of amides is 9. The third-order valence-corrected chi connectivity index (χ3v) is 28.4. The molecule has 11 rings (SSSR count). The van der Waals surface area contributed by atoms with E-state index >= 15 is 13.6 Å². The SMILES string of the molecule is CCCC1O[C@@H]2C[C@H]3[C@@H]4C[C@H](F)C5=CC(=O)C=C[C@]5(C)[C@@]4(F)[C@@H](O)C[C@]3(C)[C@]2(C(=O)CNC(=O)[C@H](CCCNC(N)=O)CC(=O)[C@@H](NC(=O)[C@@H](CCCCNC(=O)COC2CCCCCC3=C2NNN3CCOCCOCCOCCOCCC(=O)NCCS(=O)(=O)O)NC(=O)CCOCCOCCOCCOCCNC(=O)CCC(=O)N2Cc3ccccc3C3=C(NNN3C)c3ccccc32)C(C)C)O1. The third kappa shape index (κ3) is 30.1. The largest absolute Gasteiger partial charge is 0.390 e. The van der Waals surface area contributed by atoms with Crippen molar-refractivity contribution in [1.29, 1.82) is 0 Å². The van der Waals surface area contributed by atoms with Gasteiger partial charge < -0.3 is 116 Å². The molecule has 44 heteroatoms. The van der Waals surface area contributed by atoms with Gasteiger partial charge in [0.05, 0.1) is 178 Å². The normalized spacial score (nSPS) is 24.4. The molecule has 4 fully saturated rings. The molecule has 0 bridgehead atoms. The first kappa shape index (κ1) is 112. The number of rotatable bonds is 61. The highest BCUT2D eigenvalue weighted by atomic mass is 32.2. The molecule has 15 N–H and O–H groups in total. The summed E-state index contributed by atoms with van der Waals surface area (Å²) >= 11 is 0. The Morgan fingerprint density at radius 3 is 1.99 bits per heavy atom. The van der Waals surface area contributed by atoms with Crippen LogP contribution in [0.15, 0.2) is 83.7 Å². The lowest BCUT2D eigenvalue weighted by Crippen LogP contribution is -2.71. The molecule has 5 aliphatic carbocycles. The molecule has 0 radical (unpaired) electrons. The number of nitrogens with two attached hydrogens (primary N) is 1. The fraction of sp³-hybridized carbons (Fsp3) is 0.680. The number of hydrogen-bond acceptors (Lipinski definition) is 31. The quantitative estimate of drug-likeness (QED) is 0.0330. The van der Waals surface area contributed by atoms with Crippen molar-refractivity contribution in [2.24, 2.45) is 40.2 Å². The number of allylic oxidation sites excluding steroid dienone is 5. The Labute approximate surface area is 822 Å². The summed E-state index contributed by atoms with van der Waals surface area (Å²) < 4.78 is 130. The van der Waals surface area contributed by atoms with Gasteiger partial charge in [-0.05, 0) is 125 Å². The number of unbranched alkanes of at least 4 members (excludes halogenated alkanes) is 1. The van der Waals surface area contributed by atoms with Gasteiger partial charge in [-0.1, -0.05) is 95.5 Å². The molecule has 2 aromatic carbocycles. The van der Waals surface area contributed by atoms with Gasteiger partial charge in [-0.15, -0.1) is 11.1 Å². The Bertz CT molecular complexity index is 4850. The summed E-state index contributed by atoms with van der Waals surface area (Å²) in [6.07, 6.45) is 2.34. The summed E-state index contributed by atoms with van der Waals surface area (Å²) in [5.74, 6) is -9.31. The zero-order chi connectivity index (χ0) is 101. The maximum Gasteiger partial charge on any atom is 0.312 e. The molecule has 0 spiro atoms. The van der Waals surface area contributed by atoms with Crippen LogP contribution in [-0.2, 0) is 117 Å². The molecular formula is C97H145F2N15O26S. The highest BCUT2D eigenvalue weighted by molar-refractivity contribution is 7.85. The van der Waals surface area contributed by atoms with Crippen LogP contribution in [-0.4, -0.2) is 311 Å². The molecule has 4 heterocycles. The number of nitrogens with one attached hydrogen (secondary N) is 11. The number of ketones is 3. The van der Waals surface area contributed by atoms with Gasteiger partial charge >= 0.3 is 6.03 Å². The number of aliphatic hydroxyl groups excluding tert-OH is 1. The van der Waals surface area contributed by atoms with E-state index in [1.807, 2.05) is 72.5 Å². The van der Waals surface area contributed by atoms with E-state index in [1.54, 1.807) is 25.7 Å². The van der Waals surface area contributed by atoms with Crippen LogP contribution in [0, 0.1) is 34.5 Å². The molecule has 41 nitrogen and oxygen atoms in total. The first-order valence-electron chi connectivity index (χ1n) is 49.5. The second-order valence-corrected chi connectivity index (χ2v) is 39.2. The first-order valence-corrected chi connectivity index (χ1v) is 51.1. The van der Waals surface area contributed by atoms with Gasteiger partial charge in [0, 0.05) is 99.1 Å². The Morgan fingerprint density at radius 1 is 0.674 bits per heavy atom. The van der Waals surface area contributed by atoms with E-state index in [4.69, 9.17) is 62.4 Å². The highest BCUT2D eigenvalue weighted by Crippen LogP contribution is 2.72. The van der Waals surface area contributed by atoms with Crippen molar-refractivity contribution in [3.05, 3.63) is 100 Å². The zero-order valence-corrected chi connectivity index (χ0v) is 82.6. The number of hydrogen-bond donors (Lipinski definition) is 14.